The van der Waals surface area contributed by atoms with E-state index in [0.29, 0.717) is 25.5 Å². The summed E-state index contributed by atoms with van der Waals surface area (Å²) in [6.07, 6.45) is -3.36. The smallest absolute Gasteiger partial charge is 0.379 e. The number of hydrogen-bond donors (Lipinski definition) is 2. The molecule has 0 aromatic rings. The van der Waals surface area contributed by atoms with E-state index in [4.69, 9.17) is 10.5 Å². The number of nitrogens with one attached hydrogen (secondary N) is 1. The molecule has 0 aromatic heterocycles. The van der Waals surface area contributed by atoms with E-state index in [0.717, 1.165) is 39.3 Å². The second-order valence-electron chi connectivity index (χ2n) is 5.07. The highest BCUT2D eigenvalue weighted by Gasteiger charge is 2.25. The van der Waals surface area contributed by atoms with Gasteiger partial charge >= 0.3 is 6.18 Å². The van der Waals surface area contributed by atoms with Crippen LogP contribution in [0, 0.1) is 0 Å². The summed E-state index contributed by atoms with van der Waals surface area (Å²) in [5, 5.41) is 2.83. The van der Waals surface area contributed by atoms with Gasteiger partial charge in [0.05, 0.1) is 13.2 Å². The first kappa shape index (κ1) is 18.0. The number of nitrogens with two attached hydrogens (primary N) is 1. The second-order valence-corrected chi connectivity index (χ2v) is 5.07. The van der Waals surface area contributed by atoms with E-state index in [1.165, 1.54) is 0 Å². The highest BCUT2D eigenvalue weighted by molar-refractivity contribution is 5.77. The lowest BCUT2D eigenvalue weighted by atomic mass is 10.2. The molecule has 0 amide bonds. The molecule has 0 aliphatic carbocycles. The van der Waals surface area contributed by atoms with Crippen LogP contribution in [0.3, 0.4) is 0 Å². The molecule has 0 radical (unpaired) electrons. The van der Waals surface area contributed by atoms with Crippen LogP contribution in [0.15, 0.2) is 4.99 Å². The first-order valence-electron chi connectivity index (χ1n) is 7.38. The van der Waals surface area contributed by atoms with Crippen LogP contribution in [0.4, 0.5) is 13.2 Å². The van der Waals surface area contributed by atoms with Gasteiger partial charge in [-0.3, -0.25) is 9.89 Å². The van der Waals surface area contributed by atoms with E-state index >= 15 is 0 Å². The van der Waals surface area contributed by atoms with E-state index in [-0.39, 0.29) is 6.42 Å². The lowest BCUT2D eigenvalue weighted by molar-refractivity contribution is -0.135. The predicted octanol–water partition coefficient (Wildman–Crippen LogP) is 1.35. The topological polar surface area (TPSA) is 62.9 Å². The van der Waals surface area contributed by atoms with Crippen molar-refractivity contribution in [1.82, 2.24) is 10.2 Å². The first-order valence-corrected chi connectivity index (χ1v) is 7.38. The predicted molar refractivity (Wildman–Crippen MR) is 76.3 cm³/mol. The Balaban J connectivity index is 1.97. The van der Waals surface area contributed by atoms with Gasteiger partial charge in [-0.2, -0.15) is 13.2 Å². The normalized spacial score (nSPS) is 18.0. The third kappa shape index (κ3) is 10.4. The molecule has 5 nitrogen and oxygen atoms in total. The van der Waals surface area contributed by atoms with Crippen molar-refractivity contribution in [1.29, 1.82) is 0 Å². The van der Waals surface area contributed by atoms with Crippen LogP contribution in [-0.4, -0.2) is 63.0 Å². The molecule has 21 heavy (non-hydrogen) atoms. The Labute approximate surface area is 123 Å². The monoisotopic (exact) mass is 310 g/mol. The zero-order valence-corrected chi connectivity index (χ0v) is 12.3. The highest BCUT2D eigenvalue weighted by Crippen LogP contribution is 2.21. The maximum atomic E-state index is 11.9. The van der Waals surface area contributed by atoms with Crippen molar-refractivity contribution in [2.24, 2.45) is 10.7 Å². The Morgan fingerprint density at radius 1 is 1.19 bits per heavy atom. The summed E-state index contributed by atoms with van der Waals surface area (Å²) in [4.78, 5) is 6.48. The minimum Gasteiger partial charge on any atom is -0.379 e. The average Bonchev–Trinajstić information content (AvgIpc) is 2.43. The molecule has 0 unspecified atom stereocenters. The van der Waals surface area contributed by atoms with E-state index in [1.807, 2.05) is 0 Å². The van der Waals surface area contributed by atoms with Gasteiger partial charge in [0.2, 0.25) is 0 Å². The van der Waals surface area contributed by atoms with Gasteiger partial charge in [-0.15, -0.1) is 0 Å². The maximum absolute atomic E-state index is 11.9. The number of alkyl halides is 3. The standard InChI is InChI=1S/C13H25F3N4O/c14-13(15,16)4-1-2-5-18-12(17)19-6-3-7-20-8-10-21-11-9-20/h1-11H2,(H3,17,18,19). The largest absolute Gasteiger partial charge is 0.389 e. The van der Waals surface area contributed by atoms with E-state index in [9.17, 15) is 13.2 Å². The van der Waals surface area contributed by atoms with Crippen LogP contribution in [0.1, 0.15) is 25.7 Å². The molecule has 0 spiro atoms. The molecule has 8 heteroatoms. The molecule has 0 bridgehead atoms. The number of guanidine groups is 1. The number of halogens is 3. The van der Waals surface area contributed by atoms with E-state index in [1.54, 1.807) is 0 Å². The SMILES string of the molecule is NC(=NCCCN1CCOCC1)NCCCCC(F)(F)F. The molecule has 3 N–H and O–H groups in total. The van der Waals surface area contributed by atoms with Crippen LogP contribution in [0.25, 0.3) is 0 Å². The molecular weight excluding hydrogens is 285 g/mol. The number of hydrogen-bond acceptors (Lipinski definition) is 3. The number of nitrogens with zero attached hydrogens (tertiary/aromatic N) is 2. The summed E-state index contributed by atoms with van der Waals surface area (Å²) in [6, 6.07) is 0. The van der Waals surface area contributed by atoms with Crippen LogP contribution in [0.5, 0.6) is 0 Å². The Hall–Kier alpha value is -1.02. The van der Waals surface area contributed by atoms with Crippen molar-refractivity contribution < 1.29 is 17.9 Å². The van der Waals surface area contributed by atoms with Gasteiger partial charge in [-0.25, -0.2) is 0 Å². The van der Waals surface area contributed by atoms with Crippen molar-refractivity contribution in [2.75, 3.05) is 45.9 Å². The fraction of sp³-hybridized carbons (Fsp3) is 0.923. The quantitative estimate of drug-likeness (QED) is 0.403. The third-order valence-corrected chi connectivity index (χ3v) is 3.21. The first-order chi connectivity index (χ1) is 9.97. The Bertz CT molecular complexity index is 304. The summed E-state index contributed by atoms with van der Waals surface area (Å²) >= 11 is 0. The van der Waals surface area contributed by atoms with Crippen LogP contribution in [-0.2, 0) is 4.74 Å². The molecule has 1 saturated heterocycles. The molecule has 1 rings (SSSR count). The van der Waals surface area contributed by atoms with Gasteiger partial charge in [-0.05, 0) is 19.3 Å². The van der Waals surface area contributed by atoms with Crippen molar-refractivity contribution in [3.63, 3.8) is 0 Å². The van der Waals surface area contributed by atoms with Gasteiger partial charge in [0.1, 0.15) is 0 Å². The average molecular weight is 310 g/mol. The fourth-order valence-corrected chi connectivity index (χ4v) is 2.04. The molecule has 0 saturated carbocycles. The van der Waals surface area contributed by atoms with Gasteiger partial charge < -0.3 is 15.8 Å². The zero-order chi connectivity index (χ0) is 15.6. The minimum atomic E-state index is -4.07. The van der Waals surface area contributed by atoms with Crippen molar-refractivity contribution in [2.45, 2.75) is 31.9 Å². The summed E-state index contributed by atoms with van der Waals surface area (Å²) in [5.74, 6) is 0.309. The lowest BCUT2D eigenvalue weighted by Gasteiger charge is -2.26. The number of aliphatic imine (C=N–C) groups is 1. The van der Waals surface area contributed by atoms with Crippen molar-refractivity contribution in [3.8, 4) is 0 Å². The molecule has 0 atom stereocenters. The maximum Gasteiger partial charge on any atom is 0.389 e. The molecule has 1 heterocycles. The molecule has 0 aromatic carbocycles. The minimum absolute atomic E-state index is 0.112. The lowest BCUT2D eigenvalue weighted by Crippen LogP contribution is -2.37. The van der Waals surface area contributed by atoms with Crippen LogP contribution >= 0.6 is 0 Å². The van der Waals surface area contributed by atoms with Gasteiger partial charge in [0.15, 0.2) is 5.96 Å². The van der Waals surface area contributed by atoms with E-state index in [2.05, 4.69) is 15.2 Å². The van der Waals surface area contributed by atoms with E-state index < -0.39 is 12.6 Å². The fourth-order valence-electron chi connectivity index (χ4n) is 2.04. The summed E-state index contributed by atoms with van der Waals surface area (Å²) < 4.78 is 41.0. The van der Waals surface area contributed by atoms with Crippen molar-refractivity contribution >= 4 is 5.96 Å². The molecule has 1 fully saturated rings. The number of rotatable bonds is 8. The number of unbranched alkanes of at least 4 members (excludes halogenated alkanes) is 1. The number of ether oxygens (including phenoxy) is 1. The third-order valence-electron chi connectivity index (χ3n) is 3.21. The molecule has 1 aliphatic heterocycles. The Morgan fingerprint density at radius 3 is 2.57 bits per heavy atom. The molecular formula is C13H25F3N4O. The second kappa shape index (κ2) is 9.83. The molecule has 1 aliphatic rings. The summed E-state index contributed by atoms with van der Waals surface area (Å²) in [7, 11) is 0. The van der Waals surface area contributed by atoms with Crippen molar-refractivity contribution in [3.05, 3.63) is 0 Å². The van der Waals surface area contributed by atoms with Gasteiger partial charge in [0.25, 0.3) is 0 Å². The Kier molecular flexibility index (Phi) is 8.44. The van der Waals surface area contributed by atoms with Crippen LogP contribution in [0.2, 0.25) is 0 Å². The summed E-state index contributed by atoms with van der Waals surface area (Å²) in [6.45, 7) is 5.49. The zero-order valence-electron chi connectivity index (χ0n) is 12.3. The Morgan fingerprint density at radius 2 is 1.90 bits per heavy atom. The van der Waals surface area contributed by atoms with Crippen LogP contribution < -0.4 is 11.1 Å². The highest BCUT2D eigenvalue weighted by atomic mass is 19.4. The molecule has 124 valence electrons. The summed E-state index contributed by atoms with van der Waals surface area (Å²) in [5.41, 5.74) is 5.64. The van der Waals surface area contributed by atoms with Gasteiger partial charge in [0, 0.05) is 39.1 Å². The number of morpholine rings is 1. The van der Waals surface area contributed by atoms with Gasteiger partial charge in [-0.1, -0.05) is 0 Å².